The summed E-state index contributed by atoms with van der Waals surface area (Å²) in [4.78, 5) is 44.9. The van der Waals surface area contributed by atoms with Gasteiger partial charge in [-0.3, -0.25) is 14.4 Å². The van der Waals surface area contributed by atoms with E-state index in [0.717, 1.165) is 19.3 Å². The number of likely N-dealkylation sites (tertiary alicyclic amines) is 1. The van der Waals surface area contributed by atoms with Crippen molar-refractivity contribution in [2.45, 2.75) is 48.1 Å². The van der Waals surface area contributed by atoms with Gasteiger partial charge in [-0.15, -0.1) is 11.8 Å². The highest BCUT2D eigenvalue weighted by Crippen LogP contribution is 2.60. The fraction of sp³-hybridized carbons (Fsp3) is 0.519. The first-order chi connectivity index (χ1) is 17.5. The van der Waals surface area contributed by atoms with Crippen LogP contribution in [0.4, 0.5) is 5.69 Å². The number of cyclic esters (lactones) is 1. The molecule has 1 spiro atoms. The lowest BCUT2D eigenvalue weighted by Gasteiger charge is -2.35. The summed E-state index contributed by atoms with van der Waals surface area (Å²) in [6.07, 6.45) is 11.7. The largest absolute Gasteiger partial charge is 0.465 e. The summed E-state index contributed by atoms with van der Waals surface area (Å²) in [5.74, 6) is -1.98. The fourth-order valence-electron chi connectivity index (χ4n) is 5.92. The van der Waals surface area contributed by atoms with E-state index in [0.29, 0.717) is 43.2 Å². The normalized spacial score (nSPS) is 32.7. The van der Waals surface area contributed by atoms with E-state index >= 15 is 0 Å². The highest BCUT2D eigenvalue weighted by atomic mass is 35.5. The maximum Gasteiger partial charge on any atom is 0.311 e. The summed E-state index contributed by atoms with van der Waals surface area (Å²) < 4.78 is 4.74. The molecule has 4 aliphatic heterocycles. The lowest BCUT2D eigenvalue weighted by molar-refractivity contribution is -0.153. The van der Waals surface area contributed by atoms with Crippen LogP contribution in [0.15, 0.2) is 48.6 Å². The van der Waals surface area contributed by atoms with Crippen LogP contribution in [0, 0.1) is 11.8 Å². The van der Waals surface area contributed by atoms with Crippen LogP contribution in [-0.4, -0.2) is 70.1 Å². The molecule has 2 amide bonds. The molecule has 9 heteroatoms. The number of amides is 2. The minimum atomic E-state index is -0.857. The van der Waals surface area contributed by atoms with Crippen LogP contribution in [0.1, 0.15) is 32.1 Å². The van der Waals surface area contributed by atoms with Crippen LogP contribution in [-0.2, 0) is 19.1 Å². The molecule has 5 atom stereocenters. The zero-order valence-corrected chi connectivity index (χ0v) is 21.6. The molecule has 4 aliphatic rings. The number of hydrogen-bond acceptors (Lipinski definition) is 6. The first-order valence-electron chi connectivity index (χ1n) is 12.6. The van der Waals surface area contributed by atoms with Crippen molar-refractivity contribution in [2.75, 3.05) is 31.2 Å². The Morgan fingerprint density at radius 1 is 1.08 bits per heavy atom. The molecular weight excluding hydrogens is 500 g/mol. The zero-order chi connectivity index (χ0) is 25.3. The quantitative estimate of drug-likeness (QED) is 0.343. The van der Waals surface area contributed by atoms with Gasteiger partial charge in [0.1, 0.15) is 6.04 Å². The number of halogens is 1. The third kappa shape index (κ3) is 4.37. The van der Waals surface area contributed by atoms with Gasteiger partial charge in [-0.25, -0.2) is 0 Å². The second-order valence-corrected chi connectivity index (χ2v) is 11.6. The standard InChI is InChI=1S/C27H31ClN2O5S/c28-18-9-11-19(12-10-18)29-15-7-13-27-22(21-20(36-27)8-3-1-6-17-35-26(21)34)24(32)30(23(27)25(29)33)14-4-2-5-16-31/h3,7-13,20-23,31H,1-2,4-6,14-17H2/b8-3-/t20-,21+,22-,23?,27-/m0/s1. The third-order valence-electron chi connectivity index (χ3n) is 7.55. The number of hydrogen-bond donors (Lipinski definition) is 1. The van der Waals surface area contributed by atoms with Crippen molar-refractivity contribution in [3.63, 3.8) is 0 Å². The van der Waals surface area contributed by atoms with Gasteiger partial charge >= 0.3 is 5.97 Å². The number of unbranched alkanes of at least 4 members (excludes halogenated alkanes) is 2. The van der Waals surface area contributed by atoms with Gasteiger partial charge in [-0.2, -0.15) is 0 Å². The third-order valence-corrected chi connectivity index (χ3v) is 9.54. The van der Waals surface area contributed by atoms with Gasteiger partial charge in [-0.1, -0.05) is 35.9 Å². The maximum atomic E-state index is 14.2. The molecule has 0 saturated carbocycles. The lowest BCUT2D eigenvalue weighted by atomic mass is 9.78. The predicted octanol–water partition coefficient (Wildman–Crippen LogP) is 3.60. The molecule has 1 unspecified atom stereocenters. The number of rotatable bonds is 6. The van der Waals surface area contributed by atoms with Gasteiger partial charge in [0.05, 0.1) is 23.2 Å². The topological polar surface area (TPSA) is 87.2 Å². The molecule has 2 saturated heterocycles. The molecule has 1 N–H and O–H groups in total. The van der Waals surface area contributed by atoms with Crippen molar-refractivity contribution in [3.8, 4) is 0 Å². The van der Waals surface area contributed by atoms with Crippen LogP contribution in [0.3, 0.4) is 0 Å². The van der Waals surface area contributed by atoms with E-state index in [4.69, 9.17) is 16.3 Å². The minimum Gasteiger partial charge on any atom is -0.465 e. The molecule has 192 valence electrons. The van der Waals surface area contributed by atoms with Crippen molar-refractivity contribution >= 4 is 46.8 Å². The van der Waals surface area contributed by atoms with Gasteiger partial charge in [0.15, 0.2) is 0 Å². The first kappa shape index (κ1) is 25.4. The summed E-state index contributed by atoms with van der Waals surface area (Å²) in [5.41, 5.74) is 0.715. The van der Waals surface area contributed by atoms with Gasteiger partial charge in [0, 0.05) is 35.7 Å². The molecule has 0 bridgehead atoms. The number of aliphatic hydroxyl groups is 1. The van der Waals surface area contributed by atoms with Crippen LogP contribution < -0.4 is 4.90 Å². The molecular formula is C27H31ClN2O5S. The SMILES string of the molecule is O=C1OCCC/C=C\[C@@H]2S[C@]34C=CCN(c5ccc(Cl)cc5)C(=O)C3N(CCCCCO)C(=O)[C@@H]4[C@H]12. The molecule has 1 aromatic carbocycles. The Kier molecular flexibility index (Phi) is 7.47. The van der Waals surface area contributed by atoms with E-state index in [9.17, 15) is 19.5 Å². The van der Waals surface area contributed by atoms with Gasteiger partial charge < -0.3 is 19.6 Å². The van der Waals surface area contributed by atoms with Gasteiger partial charge in [0.2, 0.25) is 5.91 Å². The molecule has 0 radical (unpaired) electrons. The van der Waals surface area contributed by atoms with E-state index in [1.807, 2.05) is 30.4 Å². The minimum absolute atomic E-state index is 0.0910. The van der Waals surface area contributed by atoms with Crippen LogP contribution in [0.2, 0.25) is 5.02 Å². The van der Waals surface area contributed by atoms with Crippen LogP contribution >= 0.6 is 23.4 Å². The number of aliphatic hydroxyl groups excluding tert-OH is 1. The second kappa shape index (κ2) is 10.6. The van der Waals surface area contributed by atoms with Crippen molar-refractivity contribution in [2.24, 2.45) is 11.8 Å². The fourth-order valence-corrected chi connectivity index (χ4v) is 8.04. The smallest absolute Gasteiger partial charge is 0.311 e. The molecule has 4 heterocycles. The van der Waals surface area contributed by atoms with E-state index in [1.165, 1.54) is 0 Å². The molecule has 36 heavy (non-hydrogen) atoms. The number of carbonyl (C=O) groups is 3. The van der Waals surface area contributed by atoms with Crippen molar-refractivity contribution < 1.29 is 24.2 Å². The van der Waals surface area contributed by atoms with Gasteiger partial charge in [0.25, 0.3) is 5.91 Å². The molecule has 7 nitrogen and oxygen atoms in total. The average molecular weight is 531 g/mol. The second-order valence-electron chi connectivity index (χ2n) is 9.72. The number of thioether (sulfide) groups is 1. The van der Waals surface area contributed by atoms with Crippen LogP contribution in [0.25, 0.3) is 0 Å². The number of fused-ring (bicyclic) bond motifs is 2. The van der Waals surface area contributed by atoms with E-state index in [2.05, 4.69) is 6.08 Å². The number of ether oxygens (including phenoxy) is 1. The van der Waals surface area contributed by atoms with Crippen molar-refractivity contribution in [1.29, 1.82) is 0 Å². The summed E-state index contributed by atoms with van der Waals surface area (Å²) in [6.45, 7) is 1.19. The molecule has 1 aromatic rings. The van der Waals surface area contributed by atoms with Crippen LogP contribution in [0.5, 0.6) is 0 Å². The number of esters is 1. The molecule has 5 rings (SSSR count). The van der Waals surface area contributed by atoms with Gasteiger partial charge in [-0.05, 0) is 56.4 Å². The molecule has 0 aliphatic carbocycles. The Morgan fingerprint density at radius 2 is 1.89 bits per heavy atom. The summed E-state index contributed by atoms with van der Waals surface area (Å²) in [5, 5.41) is 9.55. The molecule has 0 aromatic heterocycles. The van der Waals surface area contributed by atoms with Crippen molar-refractivity contribution in [3.05, 3.63) is 53.6 Å². The molecule has 2 fully saturated rings. The number of nitrogens with zero attached hydrogens (tertiary/aromatic N) is 2. The number of anilines is 1. The van der Waals surface area contributed by atoms with E-state index in [-0.39, 0.29) is 29.6 Å². The summed E-state index contributed by atoms with van der Waals surface area (Å²) in [7, 11) is 0. The number of allylic oxidation sites excluding steroid dienone is 1. The Bertz CT molecular complexity index is 1080. The predicted molar refractivity (Wildman–Crippen MR) is 140 cm³/mol. The number of benzene rings is 1. The average Bonchev–Trinajstić information content (AvgIpc) is 3.27. The van der Waals surface area contributed by atoms with E-state index < -0.39 is 22.6 Å². The Hall–Kier alpha value is -2.29. The first-order valence-corrected chi connectivity index (χ1v) is 13.9. The summed E-state index contributed by atoms with van der Waals surface area (Å²) >= 11 is 7.64. The highest BCUT2D eigenvalue weighted by molar-refractivity contribution is 8.02. The Labute approximate surface area is 220 Å². The maximum absolute atomic E-state index is 14.2. The monoisotopic (exact) mass is 530 g/mol. The Morgan fingerprint density at radius 3 is 2.67 bits per heavy atom. The highest BCUT2D eigenvalue weighted by Gasteiger charge is 2.70. The zero-order valence-electron chi connectivity index (χ0n) is 20.1. The lowest BCUT2D eigenvalue weighted by Crippen LogP contribution is -2.53. The Balaban J connectivity index is 1.56. The number of carbonyl (C=O) groups excluding carboxylic acids is 3. The van der Waals surface area contributed by atoms with E-state index in [1.54, 1.807) is 33.7 Å². The summed E-state index contributed by atoms with van der Waals surface area (Å²) in [6, 6.07) is 6.38. The van der Waals surface area contributed by atoms with Crippen molar-refractivity contribution in [1.82, 2.24) is 4.90 Å².